The maximum Gasteiger partial charge on any atom is 0.446 e. The van der Waals surface area contributed by atoms with Crippen LogP contribution < -0.4 is 4.18 Å². The lowest BCUT2D eigenvalue weighted by molar-refractivity contribution is 0.103. The van der Waals surface area contributed by atoms with Gasteiger partial charge in [0, 0.05) is 25.2 Å². The van der Waals surface area contributed by atoms with E-state index in [0.29, 0.717) is 16.8 Å². The summed E-state index contributed by atoms with van der Waals surface area (Å²) in [5.74, 6) is -0.335. The molecule has 2 aromatic carbocycles. The number of carbonyl (C=O) groups excluding carboxylic acids is 1. The van der Waals surface area contributed by atoms with E-state index in [9.17, 15) is 13.2 Å². The van der Waals surface area contributed by atoms with Crippen LogP contribution in [0.25, 0.3) is 0 Å². The van der Waals surface area contributed by atoms with Crippen molar-refractivity contribution in [3.8, 4) is 5.75 Å². The van der Waals surface area contributed by atoms with E-state index in [0.717, 1.165) is 0 Å². The van der Waals surface area contributed by atoms with Crippen LogP contribution in [0.2, 0.25) is 0 Å². The number of rotatable bonds is 6. The van der Waals surface area contributed by atoms with E-state index >= 15 is 0 Å². The molecule has 0 bridgehead atoms. The van der Waals surface area contributed by atoms with E-state index in [1.807, 2.05) is 0 Å². The van der Waals surface area contributed by atoms with Gasteiger partial charge in [0.25, 0.3) is 0 Å². The lowest BCUT2D eigenvalue weighted by atomic mass is 10.0. The molecule has 0 aliphatic heterocycles. The zero-order valence-corrected chi connectivity index (χ0v) is 13.8. The van der Waals surface area contributed by atoms with Crippen molar-refractivity contribution in [3.05, 3.63) is 59.7 Å². The maximum atomic E-state index is 12.3. The highest BCUT2D eigenvalue weighted by molar-refractivity contribution is 7.81. The normalized spacial score (nSPS) is 11.5. The minimum atomic E-state index is -4.59. The first-order valence-corrected chi connectivity index (χ1v) is 8.12. The van der Waals surface area contributed by atoms with Gasteiger partial charge in [-0.1, -0.05) is 5.22 Å². The molecule has 0 aromatic heterocycles. The average molecular weight is 349 g/mol. The standard InChI is InChI=1S/C15H15N3O5S/c1-18(2)17-16-13-7-3-11(4-8-13)15(19)12-5-9-14(10-6-12)23-24(20,21)22/h3-10H,1-2H3,(H,20,21,22). The van der Waals surface area contributed by atoms with E-state index in [1.165, 1.54) is 24.3 Å². The summed E-state index contributed by atoms with van der Waals surface area (Å²) in [4.78, 5) is 12.3. The molecule has 0 radical (unpaired) electrons. The molecule has 0 saturated heterocycles. The molecule has 0 unspecified atom stereocenters. The number of hydrogen-bond acceptors (Lipinski definition) is 6. The highest BCUT2D eigenvalue weighted by Crippen LogP contribution is 2.19. The van der Waals surface area contributed by atoms with Gasteiger partial charge in [0.1, 0.15) is 5.75 Å². The Bertz CT molecular complexity index is 844. The van der Waals surface area contributed by atoms with Gasteiger partial charge in [-0.05, 0) is 48.5 Å². The highest BCUT2D eigenvalue weighted by Gasteiger charge is 2.11. The first-order valence-electron chi connectivity index (χ1n) is 6.75. The third-order valence-electron chi connectivity index (χ3n) is 2.79. The Balaban J connectivity index is 2.14. The van der Waals surface area contributed by atoms with Gasteiger partial charge in [-0.3, -0.25) is 14.4 Å². The van der Waals surface area contributed by atoms with E-state index in [4.69, 9.17) is 4.55 Å². The van der Waals surface area contributed by atoms with Crippen LogP contribution >= 0.6 is 0 Å². The fourth-order valence-electron chi connectivity index (χ4n) is 1.77. The van der Waals surface area contributed by atoms with Gasteiger partial charge < -0.3 is 4.18 Å². The van der Waals surface area contributed by atoms with Crippen molar-refractivity contribution in [3.63, 3.8) is 0 Å². The molecule has 126 valence electrons. The van der Waals surface area contributed by atoms with Crippen molar-refractivity contribution in [1.29, 1.82) is 0 Å². The number of hydrogen-bond donors (Lipinski definition) is 1. The lowest BCUT2D eigenvalue weighted by Gasteiger charge is -2.04. The van der Waals surface area contributed by atoms with Crippen molar-refractivity contribution in [2.45, 2.75) is 0 Å². The summed E-state index contributed by atoms with van der Waals surface area (Å²) in [5, 5.41) is 9.37. The highest BCUT2D eigenvalue weighted by atomic mass is 32.3. The van der Waals surface area contributed by atoms with Gasteiger partial charge in [0.05, 0.1) is 5.69 Å². The van der Waals surface area contributed by atoms with Crippen molar-refractivity contribution < 1.29 is 21.9 Å². The monoisotopic (exact) mass is 349 g/mol. The van der Waals surface area contributed by atoms with Gasteiger partial charge in [0.2, 0.25) is 0 Å². The molecule has 9 heteroatoms. The largest absolute Gasteiger partial charge is 0.446 e. The fourth-order valence-corrected chi connectivity index (χ4v) is 2.12. The molecule has 0 aliphatic carbocycles. The minimum absolute atomic E-state index is 0.0894. The Morgan fingerprint density at radius 1 is 1.00 bits per heavy atom. The molecule has 2 rings (SSSR count). The zero-order chi connectivity index (χ0) is 17.7. The summed E-state index contributed by atoms with van der Waals surface area (Å²) in [5.41, 5.74) is 1.40. The number of benzene rings is 2. The Hall–Kier alpha value is -2.78. The fraction of sp³-hybridized carbons (Fsp3) is 0.133. The summed E-state index contributed by atoms with van der Waals surface area (Å²) in [7, 11) is -1.09. The predicted molar refractivity (Wildman–Crippen MR) is 86.7 cm³/mol. The van der Waals surface area contributed by atoms with Gasteiger partial charge in [0.15, 0.2) is 5.78 Å². The SMILES string of the molecule is CN(C)N=Nc1ccc(C(=O)c2ccc(OS(=O)(=O)O)cc2)cc1. The summed E-state index contributed by atoms with van der Waals surface area (Å²) in [6, 6.07) is 11.9. The van der Waals surface area contributed by atoms with Crippen molar-refractivity contribution in [1.82, 2.24) is 5.01 Å². The molecule has 0 spiro atoms. The van der Waals surface area contributed by atoms with E-state index in [2.05, 4.69) is 14.5 Å². The van der Waals surface area contributed by atoms with Gasteiger partial charge in [-0.15, -0.1) is 5.11 Å². The van der Waals surface area contributed by atoms with Crippen LogP contribution in [0, 0.1) is 0 Å². The third-order valence-corrected chi connectivity index (χ3v) is 3.19. The van der Waals surface area contributed by atoms with E-state index in [1.54, 1.807) is 43.4 Å². The molecule has 0 aliphatic rings. The molecule has 2 aromatic rings. The predicted octanol–water partition coefficient (Wildman–Crippen LogP) is 2.66. The van der Waals surface area contributed by atoms with Crippen molar-refractivity contribution in [2.24, 2.45) is 10.3 Å². The number of nitrogens with zero attached hydrogens (tertiary/aromatic N) is 3. The second-order valence-electron chi connectivity index (χ2n) is 4.95. The van der Waals surface area contributed by atoms with E-state index in [-0.39, 0.29) is 11.5 Å². The number of ketones is 1. The maximum absolute atomic E-state index is 12.3. The Kier molecular flexibility index (Phi) is 5.27. The summed E-state index contributed by atoms with van der Waals surface area (Å²) >= 11 is 0. The average Bonchev–Trinajstić information content (AvgIpc) is 2.52. The first kappa shape index (κ1) is 17.6. The van der Waals surface area contributed by atoms with Gasteiger partial charge in [-0.2, -0.15) is 8.42 Å². The smallest absolute Gasteiger partial charge is 0.362 e. The number of carbonyl (C=O) groups is 1. The molecular weight excluding hydrogens is 334 g/mol. The summed E-state index contributed by atoms with van der Waals surface area (Å²) in [6.07, 6.45) is 0. The third kappa shape index (κ3) is 5.14. The molecule has 8 nitrogen and oxygen atoms in total. The topological polar surface area (TPSA) is 109 Å². The second-order valence-corrected chi connectivity index (χ2v) is 5.97. The molecule has 24 heavy (non-hydrogen) atoms. The van der Waals surface area contributed by atoms with Crippen molar-refractivity contribution >= 4 is 21.9 Å². The zero-order valence-electron chi connectivity index (χ0n) is 12.9. The molecule has 0 atom stereocenters. The molecule has 0 amide bonds. The molecule has 1 N–H and O–H groups in total. The Morgan fingerprint density at radius 2 is 1.50 bits per heavy atom. The molecule has 0 fully saturated rings. The first-order chi connectivity index (χ1) is 11.2. The van der Waals surface area contributed by atoms with Gasteiger partial charge >= 0.3 is 10.4 Å². The molecular formula is C15H15N3O5S. The summed E-state index contributed by atoms with van der Waals surface area (Å²) in [6.45, 7) is 0. The van der Waals surface area contributed by atoms with Crippen LogP contribution in [0.3, 0.4) is 0 Å². The Labute approximate surface area is 139 Å². The minimum Gasteiger partial charge on any atom is -0.362 e. The van der Waals surface area contributed by atoms with Crippen LogP contribution in [0.5, 0.6) is 5.75 Å². The molecule has 0 heterocycles. The molecule has 0 saturated carbocycles. The van der Waals surface area contributed by atoms with Crippen LogP contribution in [0.4, 0.5) is 5.69 Å². The van der Waals surface area contributed by atoms with Crippen LogP contribution in [-0.4, -0.2) is 37.9 Å². The van der Waals surface area contributed by atoms with Gasteiger partial charge in [-0.25, -0.2) is 0 Å². The lowest BCUT2D eigenvalue weighted by Crippen LogP contribution is -2.07. The second kappa shape index (κ2) is 7.20. The van der Waals surface area contributed by atoms with E-state index < -0.39 is 10.4 Å². The van der Waals surface area contributed by atoms with Crippen LogP contribution in [0.1, 0.15) is 15.9 Å². The summed E-state index contributed by atoms with van der Waals surface area (Å²) < 4.78 is 34.1. The quantitative estimate of drug-likeness (QED) is 0.372. The van der Waals surface area contributed by atoms with Crippen molar-refractivity contribution in [2.75, 3.05) is 14.1 Å². The van der Waals surface area contributed by atoms with Crippen LogP contribution in [-0.2, 0) is 10.4 Å². The Morgan fingerprint density at radius 3 is 1.96 bits per heavy atom. The van der Waals surface area contributed by atoms with Crippen LogP contribution in [0.15, 0.2) is 58.9 Å².